The van der Waals surface area contributed by atoms with Crippen molar-refractivity contribution in [2.75, 3.05) is 0 Å². The third-order valence-electron chi connectivity index (χ3n) is 6.32. The molecule has 0 atom stereocenters. The van der Waals surface area contributed by atoms with Gasteiger partial charge in [0.2, 0.25) is 0 Å². The van der Waals surface area contributed by atoms with E-state index < -0.39 is 22.5 Å². The number of halogens is 4. The highest BCUT2D eigenvalue weighted by molar-refractivity contribution is 6.31. The molecular weight excluding hydrogens is 489 g/mol. The molecule has 4 rings (SSSR count). The van der Waals surface area contributed by atoms with Crippen LogP contribution >= 0.6 is 23.2 Å². The van der Waals surface area contributed by atoms with Gasteiger partial charge in [-0.25, -0.2) is 8.78 Å². The Balaban J connectivity index is 1.72. The fourth-order valence-corrected chi connectivity index (χ4v) is 4.74. The van der Waals surface area contributed by atoms with Crippen molar-refractivity contribution in [2.45, 2.75) is 51.9 Å². The van der Waals surface area contributed by atoms with Gasteiger partial charge in [0.05, 0.1) is 21.9 Å². The molecule has 0 saturated heterocycles. The number of nitrogens with one attached hydrogen (secondary N) is 1. The summed E-state index contributed by atoms with van der Waals surface area (Å²) in [7, 11) is 1.84. The molecule has 4 aromatic rings. The van der Waals surface area contributed by atoms with E-state index in [-0.39, 0.29) is 10.0 Å². The predicted octanol–water partition coefficient (Wildman–Crippen LogP) is 7.88. The Bertz CT molecular complexity index is 1380. The molecule has 2 heterocycles. The zero-order valence-corrected chi connectivity index (χ0v) is 22.1. The van der Waals surface area contributed by atoms with Crippen LogP contribution in [0.3, 0.4) is 0 Å². The van der Waals surface area contributed by atoms with Crippen molar-refractivity contribution in [3.05, 3.63) is 81.2 Å². The molecule has 8 heteroatoms. The van der Waals surface area contributed by atoms with E-state index in [0.717, 1.165) is 22.4 Å². The van der Waals surface area contributed by atoms with Crippen LogP contribution in [-0.4, -0.2) is 20.0 Å². The standard InChI is InChI=1S/C27H28Cl2F2N4/c1-26(2,3)19-8-16(10-22(29)24(19)30)23-11-18(35(6)34-23)12-27(4,5)20-7-15(9-21(28)25(20)31)17-13-32-33-14-17/h7-11,13-14H,12H2,1-6H3,(H,32,33). The van der Waals surface area contributed by atoms with Crippen LogP contribution in [0.1, 0.15) is 51.4 Å². The first-order valence-electron chi connectivity index (χ1n) is 11.3. The molecule has 0 fully saturated rings. The first-order valence-corrected chi connectivity index (χ1v) is 12.0. The number of H-pyrrole nitrogens is 1. The number of rotatable bonds is 5. The van der Waals surface area contributed by atoms with Gasteiger partial charge in [-0.15, -0.1) is 0 Å². The van der Waals surface area contributed by atoms with Gasteiger partial charge < -0.3 is 0 Å². The fourth-order valence-electron chi connectivity index (χ4n) is 4.30. The minimum Gasteiger partial charge on any atom is -0.285 e. The zero-order chi connectivity index (χ0) is 25.7. The van der Waals surface area contributed by atoms with Gasteiger partial charge in [-0.2, -0.15) is 10.2 Å². The Morgan fingerprint density at radius 3 is 2.06 bits per heavy atom. The van der Waals surface area contributed by atoms with Crippen molar-refractivity contribution in [1.29, 1.82) is 0 Å². The molecule has 0 aliphatic carbocycles. The Morgan fingerprint density at radius 1 is 0.857 bits per heavy atom. The molecule has 184 valence electrons. The van der Waals surface area contributed by atoms with Crippen LogP contribution in [0, 0.1) is 11.6 Å². The molecule has 1 N–H and O–H groups in total. The Labute approximate surface area is 214 Å². The second-order valence-corrected chi connectivity index (χ2v) is 11.4. The van der Waals surface area contributed by atoms with Gasteiger partial charge in [-0.3, -0.25) is 9.78 Å². The Kier molecular flexibility index (Phi) is 6.58. The molecule has 4 nitrogen and oxygen atoms in total. The molecule has 0 aliphatic rings. The number of nitrogens with zero attached hydrogens (tertiary/aromatic N) is 3. The number of aromatic amines is 1. The van der Waals surface area contributed by atoms with Gasteiger partial charge in [0.1, 0.15) is 11.6 Å². The molecule has 0 radical (unpaired) electrons. The third kappa shape index (κ3) is 5.00. The first-order chi connectivity index (χ1) is 16.3. The van der Waals surface area contributed by atoms with E-state index in [0.29, 0.717) is 23.2 Å². The van der Waals surface area contributed by atoms with E-state index >= 15 is 4.39 Å². The lowest BCUT2D eigenvalue weighted by Gasteiger charge is -2.27. The van der Waals surface area contributed by atoms with Gasteiger partial charge in [0, 0.05) is 30.1 Å². The molecule has 0 bridgehead atoms. The lowest BCUT2D eigenvalue weighted by Crippen LogP contribution is -2.24. The number of hydrogen-bond donors (Lipinski definition) is 1. The summed E-state index contributed by atoms with van der Waals surface area (Å²) < 4.78 is 31.7. The van der Waals surface area contributed by atoms with Crippen LogP contribution < -0.4 is 0 Å². The van der Waals surface area contributed by atoms with Crippen LogP contribution in [0.5, 0.6) is 0 Å². The summed E-state index contributed by atoms with van der Waals surface area (Å²) >= 11 is 12.5. The van der Waals surface area contributed by atoms with Crippen molar-refractivity contribution < 1.29 is 8.78 Å². The van der Waals surface area contributed by atoms with Gasteiger partial charge >= 0.3 is 0 Å². The van der Waals surface area contributed by atoms with Crippen molar-refractivity contribution in [3.8, 4) is 22.4 Å². The van der Waals surface area contributed by atoms with Crippen molar-refractivity contribution in [3.63, 3.8) is 0 Å². The van der Waals surface area contributed by atoms with Crippen LogP contribution in [0.4, 0.5) is 8.78 Å². The molecule has 0 amide bonds. The molecule has 2 aromatic carbocycles. The van der Waals surface area contributed by atoms with Crippen LogP contribution in [-0.2, 0) is 24.3 Å². The summed E-state index contributed by atoms with van der Waals surface area (Å²) in [6.45, 7) is 9.76. The quantitative estimate of drug-likeness (QED) is 0.293. The molecule has 0 aliphatic heterocycles. The molecule has 0 saturated carbocycles. The van der Waals surface area contributed by atoms with Crippen LogP contribution in [0.15, 0.2) is 42.7 Å². The summed E-state index contributed by atoms with van der Waals surface area (Å²) in [6.07, 6.45) is 3.92. The van der Waals surface area contributed by atoms with E-state index in [1.54, 1.807) is 35.3 Å². The fraction of sp³-hybridized carbons (Fsp3) is 0.333. The van der Waals surface area contributed by atoms with Crippen molar-refractivity contribution in [2.24, 2.45) is 7.05 Å². The van der Waals surface area contributed by atoms with Crippen LogP contribution in [0.25, 0.3) is 22.4 Å². The van der Waals surface area contributed by atoms with E-state index in [1.807, 2.05) is 53.8 Å². The van der Waals surface area contributed by atoms with Crippen molar-refractivity contribution in [1.82, 2.24) is 20.0 Å². The highest BCUT2D eigenvalue weighted by atomic mass is 35.5. The average molecular weight is 517 g/mol. The Hall–Kier alpha value is -2.70. The monoisotopic (exact) mass is 516 g/mol. The number of hydrogen-bond acceptors (Lipinski definition) is 2. The number of aromatic nitrogens is 4. The minimum atomic E-state index is -0.602. The highest BCUT2D eigenvalue weighted by Gasteiger charge is 2.29. The topological polar surface area (TPSA) is 46.5 Å². The first kappa shape index (κ1) is 25.4. The van der Waals surface area contributed by atoms with Gasteiger partial charge in [0.25, 0.3) is 0 Å². The second-order valence-electron chi connectivity index (χ2n) is 10.6. The van der Waals surface area contributed by atoms with E-state index in [2.05, 4.69) is 15.3 Å². The summed E-state index contributed by atoms with van der Waals surface area (Å²) in [5.74, 6) is -0.850. The van der Waals surface area contributed by atoms with Gasteiger partial charge in [-0.05, 0) is 64.3 Å². The van der Waals surface area contributed by atoms with Gasteiger partial charge in [-0.1, -0.05) is 57.8 Å². The smallest absolute Gasteiger partial charge is 0.145 e. The SMILES string of the molecule is Cn1nc(-c2cc(Cl)c(F)c(C(C)(C)C)c2)cc1CC(C)(C)c1cc(-c2cn[nH]c2)cc(Cl)c1F. The average Bonchev–Trinajstić information content (AvgIpc) is 3.41. The normalized spacial score (nSPS) is 12.4. The zero-order valence-electron chi connectivity index (χ0n) is 20.6. The Morgan fingerprint density at radius 2 is 1.46 bits per heavy atom. The van der Waals surface area contributed by atoms with E-state index in [4.69, 9.17) is 23.2 Å². The third-order valence-corrected chi connectivity index (χ3v) is 6.87. The summed E-state index contributed by atoms with van der Waals surface area (Å²) in [4.78, 5) is 0. The second kappa shape index (κ2) is 9.07. The highest BCUT2D eigenvalue weighted by Crippen LogP contribution is 2.38. The summed E-state index contributed by atoms with van der Waals surface area (Å²) in [6, 6.07) is 8.76. The maximum atomic E-state index is 15.2. The van der Waals surface area contributed by atoms with Gasteiger partial charge in [0.15, 0.2) is 0 Å². The maximum absolute atomic E-state index is 15.2. The van der Waals surface area contributed by atoms with E-state index in [1.165, 1.54) is 0 Å². The maximum Gasteiger partial charge on any atom is 0.145 e. The summed E-state index contributed by atoms with van der Waals surface area (Å²) in [5, 5.41) is 11.5. The van der Waals surface area contributed by atoms with Crippen molar-refractivity contribution >= 4 is 23.2 Å². The molecule has 0 unspecified atom stereocenters. The summed E-state index contributed by atoms with van der Waals surface area (Å²) in [5.41, 5.74) is 3.93. The molecule has 35 heavy (non-hydrogen) atoms. The predicted molar refractivity (Wildman–Crippen MR) is 138 cm³/mol. The van der Waals surface area contributed by atoms with Crippen LogP contribution in [0.2, 0.25) is 10.0 Å². The lowest BCUT2D eigenvalue weighted by atomic mass is 9.79. The minimum absolute atomic E-state index is 0.0627. The molecule has 2 aromatic heterocycles. The molecule has 0 spiro atoms. The largest absolute Gasteiger partial charge is 0.285 e. The molecular formula is C27H28Cl2F2N4. The lowest BCUT2D eigenvalue weighted by molar-refractivity contribution is 0.466. The van der Waals surface area contributed by atoms with E-state index in [9.17, 15) is 4.39 Å². The number of benzene rings is 2. The number of aryl methyl sites for hydroxylation is 1.